The molecule has 0 heteroatoms. The fourth-order valence-corrected chi connectivity index (χ4v) is 7.56. The van der Waals surface area contributed by atoms with Crippen molar-refractivity contribution in [2.45, 2.75) is 19.3 Å². The van der Waals surface area contributed by atoms with Crippen molar-refractivity contribution in [2.75, 3.05) is 0 Å². The Morgan fingerprint density at radius 3 is 1.86 bits per heavy atom. The first-order valence-corrected chi connectivity index (χ1v) is 14.8. The van der Waals surface area contributed by atoms with Gasteiger partial charge in [0.2, 0.25) is 0 Å². The van der Waals surface area contributed by atoms with Crippen molar-refractivity contribution in [2.24, 2.45) is 0 Å². The van der Waals surface area contributed by atoms with Crippen molar-refractivity contribution >= 4 is 43.1 Å². The van der Waals surface area contributed by atoms with Gasteiger partial charge in [-0.05, 0) is 93.7 Å². The molecule has 0 bridgehead atoms. The average molecular weight is 552 g/mol. The highest BCUT2D eigenvalue weighted by atomic mass is 14.4. The van der Waals surface area contributed by atoms with Gasteiger partial charge in [-0.2, -0.15) is 0 Å². The Morgan fingerprint density at radius 2 is 1.09 bits per heavy atom. The molecular weight excluding hydrogens is 516 g/mol. The van der Waals surface area contributed by atoms with Crippen LogP contribution in [-0.2, 0) is 5.41 Å². The van der Waals surface area contributed by atoms with Gasteiger partial charge in [0.05, 0.1) is 6.85 Å². The molecule has 43 heavy (non-hydrogen) atoms. The molecule has 0 fully saturated rings. The van der Waals surface area contributed by atoms with E-state index >= 15 is 0 Å². The number of rotatable bonds is 2. The lowest BCUT2D eigenvalue weighted by Gasteiger charge is -2.23. The fraction of sp³-hybridized carbons (Fsp3) is 0.0698. The van der Waals surface area contributed by atoms with Crippen LogP contribution in [0.3, 0.4) is 0 Å². The second kappa shape index (κ2) is 8.90. The second-order valence-electron chi connectivity index (χ2n) is 12.1. The van der Waals surface area contributed by atoms with Crippen molar-refractivity contribution in [1.29, 1.82) is 0 Å². The van der Waals surface area contributed by atoms with Crippen LogP contribution in [0.15, 0.2) is 145 Å². The highest BCUT2D eigenvalue weighted by Gasteiger charge is 2.36. The summed E-state index contributed by atoms with van der Waals surface area (Å²) in [7, 11) is 0. The number of hydrogen-bond acceptors (Lipinski definition) is 0. The Labute approximate surface area is 258 Å². The standard InChI is InChI=1S/C43H30/c1-43(2)37-25-22-28-13-6-8-16-31(28)41(37)35-23-21-30(26-38(35)43)39-33-18-10-11-19-34(33)40(29-14-4-3-5-15-29)42-32-17-9-7-12-27(32)20-24-36(39)42/h3-26H,1-2H3/i3D,4D,5D,14D,15D. The maximum atomic E-state index is 9.03. The van der Waals surface area contributed by atoms with Gasteiger partial charge in [0.25, 0.3) is 0 Å². The summed E-state index contributed by atoms with van der Waals surface area (Å²) in [6, 6.07) is 39.0. The Morgan fingerprint density at radius 1 is 0.465 bits per heavy atom. The van der Waals surface area contributed by atoms with Crippen LogP contribution in [0, 0.1) is 0 Å². The molecule has 0 radical (unpaired) electrons. The van der Waals surface area contributed by atoms with Crippen molar-refractivity contribution in [3.05, 3.63) is 157 Å². The van der Waals surface area contributed by atoms with Gasteiger partial charge in [-0.1, -0.05) is 153 Å². The van der Waals surface area contributed by atoms with Gasteiger partial charge in [-0.25, -0.2) is 0 Å². The predicted octanol–water partition coefficient (Wildman–Crippen LogP) is 11.9. The first-order chi connectivity index (χ1) is 23.2. The van der Waals surface area contributed by atoms with E-state index in [1.54, 1.807) is 0 Å². The summed E-state index contributed by atoms with van der Waals surface area (Å²) < 4.78 is 43.4. The summed E-state index contributed by atoms with van der Waals surface area (Å²) in [5.41, 5.74) is 7.99. The zero-order chi connectivity index (χ0) is 33.1. The zero-order valence-corrected chi connectivity index (χ0v) is 24.0. The topological polar surface area (TPSA) is 0 Å². The molecule has 8 aromatic rings. The monoisotopic (exact) mass is 551 g/mol. The SMILES string of the molecule is [2H]c1c([2H])c([2H])c(-c2c3ccccc3c(-c3ccc4c(c3)C(C)(C)c3ccc5ccccc5c3-4)c3ccc4ccccc4c23)c([2H])c1[2H]. The van der Waals surface area contributed by atoms with E-state index in [2.05, 4.69) is 98.8 Å². The summed E-state index contributed by atoms with van der Waals surface area (Å²) in [4.78, 5) is 0. The molecule has 0 saturated heterocycles. The molecule has 0 amide bonds. The minimum atomic E-state index is -0.390. The van der Waals surface area contributed by atoms with Gasteiger partial charge in [0, 0.05) is 5.41 Å². The van der Waals surface area contributed by atoms with Crippen molar-refractivity contribution in [3.8, 4) is 33.4 Å². The third kappa shape index (κ3) is 3.38. The molecule has 0 nitrogen and oxygen atoms in total. The first kappa shape index (κ1) is 19.8. The summed E-state index contributed by atoms with van der Waals surface area (Å²) in [5.74, 6) is 0. The molecule has 0 N–H and O–H groups in total. The molecule has 0 aromatic heterocycles. The molecule has 0 atom stereocenters. The van der Waals surface area contributed by atoms with Gasteiger partial charge in [0.15, 0.2) is 0 Å². The zero-order valence-electron chi connectivity index (χ0n) is 29.0. The van der Waals surface area contributed by atoms with Crippen LogP contribution in [0.2, 0.25) is 0 Å². The Kier molecular flexibility index (Phi) is 4.11. The molecule has 1 aliphatic carbocycles. The Bertz CT molecular complexity index is 2670. The van der Waals surface area contributed by atoms with E-state index in [4.69, 9.17) is 6.85 Å². The molecule has 0 spiro atoms. The van der Waals surface area contributed by atoms with E-state index in [0.29, 0.717) is 5.56 Å². The molecule has 0 saturated carbocycles. The molecule has 0 aliphatic heterocycles. The van der Waals surface area contributed by atoms with E-state index < -0.39 is 6.04 Å². The molecule has 202 valence electrons. The van der Waals surface area contributed by atoms with E-state index in [1.807, 2.05) is 30.3 Å². The largest absolute Gasteiger partial charge is 0.0629 e. The number of benzene rings is 8. The Hall–Kier alpha value is -5.20. The van der Waals surface area contributed by atoms with Crippen LogP contribution < -0.4 is 0 Å². The lowest BCUT2D eigenvalue weighted by Crippen LogP contribution is -2.15. The molecule has 0 unspecified atom stereocenters. The van der Waals surface area contributed by atoms with Crippen LogP contribution in [0.4, 0.5) is 0 Å². The fourth-order valence-electron chi connectivity index (χ4n) is 7.56. The second-order valence-corrected chi connectivity index (χ2v) is 12.1. The number of hydrogen-bond donors (Lipinski definition) is 0. The first-order valence-electron chi connectivity index (χ1n) is 17.3. The van der Waals surface area contributed by atoms with Crippen LogP contribution >= 0.6 is 0 Å². The average Bonchev–Trinajstić information content (AvgIpc) is 3.35. The minimum Gasteiger partial charge on any atom is -0.0622 e. The smallest absolute Gasteiger partial charge is 0.0622 e. The van der Waals surface area contributed by atoms with Gasteiger partial charge in [-0.15, -0.1) is 0 Å². The summed E-state index contributed by atoms with van der Waals surface area (Å²) in [6.45, 7) is 4.61. The summed E-state index contributed by atoms with van der Waals surface area (Å²) >= 11 is 0. The maximum Gasteiger partial charge on any atom is 0.0629 e. The number of fused-ring (bicyclic) bond motifs is 9. The highest BCUT2D eigenvalue weighted by Crippen LogP contribution is 2.53. The van der Waals surface area contributed by atoms with E-state index in [0.717, 1.165) is 43.4 Å². The third-order valence-corrected chi connectivity index (χ3v) is 9.52. The maximum absolute atomic E-state index is 9.03. The molecule has 0 heterocycles. The lowest BCUT2D eigenvalue weighted by atomic mass is 9.80. The highest BCUT2D eigenvalue weighted by molar-refractivity contribution is 6.28. The van der Waals surface area contributed by atoms with Crippen molar-refractivity contribution in [3.63, 3.8) is 0 Å². The Balaban J connectivity index is 1.43. The van der Waals surface area contributed by atoms with Crippen LogP contribution in [-0.4, -0.2) is 0 Å². The molecule has 8 aromatic carbocycles. The summed E-state index contributed by atoms with van der Waals surface area (Å²) in [6.07, 6.45) is 0. The summed E-state index contributed by atoms with van der Waals surface area (Å²) in [5, 5.41) is 8.18. The van der Waals surface area contributed by atoms with Gasteiger partial charge in [-0.3, -0.25) is 0 Å². The minimum absolute atomic E-state index is 0.197. The molecule has 9 rings (SSSR count). The van der Waals surface area contributed by atoms with E-state index in [1.165, 1.54) is 33.0 Å². The van der Waals surface area contributed by atoms with Gasteiger partial charge < -0.3 is 0 Å². The van der Waals surface area contributed by atoms with Crippen molar-refractivity contribution in [1.82, 2.24) is 0 Å². The quantitative estimate of drug-likeness (QED) is 0.148. The van der Waals surface area contributed by atoms with Crippen LogP contribution in [0.1, 0.15) is 31.8 Å². The van der Waals surface area contributed by atoms with Gasteiger partial charge in [0.1, 0.15) is 0 Å². The van der Waals surface area contributed by atoms with Gasteiger partial charge >= 0.3 is 0 Å². The molecular formula is C43H30. The normalized spacial score (nSPS) is 15.2. The molecule has 1 aliphatic rings. The van der Waals surface area contributed by atoms with E-state index in [-0.39, 0.29) is 35.1 Å². The predicted molar refractivity (Wildman–Crippen MR) is 185 cm³/mol. The lowest BCUT2D eigenvalue weighted by molar-refractivity contribution is 0.661. The van der Waals surface area contributed by atoms with E-state index in [9.17, 15) is 0 Å². The van der Waals surface area contributed by atoms with Crippen LogP contribution in [0.25, 0.3) is 76.5 Å². The third-order valence-electron chi connectivity index (χ3n) is 9.52. The van der Waals surface area contributed by atoms with Crippen molar-refractivity contribution < 1.29 is 6.85 Å². The van der Waals surface area contributed by atoms with Crippen LogP contribution in [0.5, 0.6) is 0 Å².